The lowest BCUT2D eigenvalue weighted by atomic mass is 10.3. The molecule has 0 radical (unpaired) electrons. The molecule has 2 atom stereocenters. The predicted octanol–water partition coefficient (Wildman–Crippen LogP) is 0.0347. The van der Waals surface area contributed by atoms with Crippen LogP contribution >= 0.6 is 0 Å². The van der Waals surface area contributed by atoms with Gasteiger partial charge in [-0.25, -0.2) is 21.0 Å². The van der Waals surface area contributed by atoms with Crippen molar-refractivity contribution >= 4 is 31.6 Å². The molecule has 2 aliphatic rings. The van der Waals surface area contributed by atoms with Crippen molar-refractivity contribution in [3.05, 3.63) is 36.4 Å². The molecule has 0 bridgehead atoms. The van der Waals surface area contributed by atoms with E-state index in [1.54, 1.807) is 0 Å². The standard InChI is InChI=1S/C20H22O15S3/c21-36(13-1-3-15(34-19-11-30-19)17(9-13)28-5-7-32-37(22,23)24)14-2-4-16(35-20-12-31-20)18(10-14)29-6-8-33-38(25,26)27/h1-4,9-10,19-20H,5-8,11-12H2,(H,22,23,24)(H,25,26,27)/p-2. The zero-order valence-corrected chi connectivity index (χ0v) is 21.7. The van der Waals surface area contributed by atoms with Crippen LogP contribution in [0.15, 0.2) is 46.2 Å². The Morgan fingerprint density at radius 2 is 1.11 bits per heavy atom. The van der Waals surface area contributed by atoms with Gasteiger partial charge < -0.3 is 37.5 Å². The minimum atomic E-state index is -4.90. The summed E-state index contributed by atoms with van der Waals surface area (Å²) in [5, 5.41) is 0. The highest BCUT2D eigenvalue weighted by Crippen LogP contribution is 2.36. The minimum Gasteiger partial charge on any atom is -0.726 e. The van der Waals surface area contributed by atoms with Crippen LogP contribution in [-0.4, -0.2) is 82.4 Å². The Balaban J connectivity index is 1.50. The summed E-state index contributed by atoms with van der Waals surface area (Å²) in [5.41, 5.74) is 0. The summed E-state index contributed by atoms with van der Waals surface area (Å²) < 4.78 is 117. The van der Waals surface area contributed by atoms with E-state index >= 15 is 0 Å². The zero-order chi connectivity index (χ0) is 27.3. The van der Waals surface area contributed by atoms with Gasteiger partial charge in [0.05, 0.1) is 24.0 Å². The Labute approximate surface area is 219 Å². The molecule has 15 nitrogen and oxygen atoms in total. The van der Waals surface area contributed by atoms with E-state index in [0.717, 1.165) is 0 Å². The van der Waals surface area contributed by atoms with Gasteiger partial charge in [0.15, 0.2) is 23.0 Å². The molecule has 2 unspecified atom stereocenters. The monoisotopic (exact) mass is 596 g/mol. The highest BCUT2D eigenvalue weighted by molar-refractivity contribution is 7.85. The van der Waals surface area contributed by atoms with Crippen LogP contribution in [0.4, 0.5) is 0 Å². The summed E-state index contributed by atoms with van der Waals surface area (Å²) in [6, 6.07) is 8.78. The molecule has 2 fully saturated rings. The number of ether oxygens (including phenoxy) is 6. The van der Waals surface area contributed by atoms with Gasteiger partial charge in [0.25, 0.3) is 0 Å². The van der Waals surface area contributed by atoms with Crippen molar-refractivity contribution in [1.82, 2.24) is 0 Å². The Morgan fingerprint density at radius 1 is 0.711 bits per heavy atom. The third-order valence-corrected chi connectivity index (χ3v) is 6.79. The van der Waals surface area contributed by atoms with Crippen LogP contribution in [0.1, 0.15) is 0 Å². The quantitative estimate of drug-likeness (QED) is 0.108. The van der Waals surface area contributed by atoms with Gasteiger partial charge >= 0.3 is 0 Å². The molecule has 210 valence electrons. The first-order chi connectivity index (χ1) is 18.0. The molecular weight excluding hydrogens is 576 g/mol. The second-order valence-electron chi connectivity index (χ2n) is 7.40. The molecule has 2 saturated heterocycles. The third-order valence-electron chi connectivity index (χ3n) is 4.52. The van der Waals surface area contributed by atoms with Crippen molar-refractivity contribution in [2.45, 2.75) is 22.4 Å². The van der Waals surface area contributed by atoms with E-state index in [9.17, 15) is 30.1 Å². The first-order valence-corrected chi connectivity index (χ1v) is 14.5. The molecular formula is C20H20O15S3-2. The van der Waals surface area contributed by atoms with Gasteiger partial charge in [0.1, 0.15) is 26.4 Å². The zero-order valence-electron chi connectivity index (χ0n) is 19.2. The van der Waals surface area contributed by atoms with Crippen molar-refractivity contribution in [2.24, 2.45) is 0 Å². The van der Waals surface area contributed by atoms with Gasteiger partial charge in [-0.3, -0.25) is 8.37 Å². The predicted molar refractivity (Wildman–Crippen MR) is 121 cm³/mol. The number of benzene rings is 2. The van der Waals surface area contributed by atoms with Crippen LogP contribution in [0.25, 0.3) is 0 Å². The summed E-state index contributed by atoms with van der Waals surface area (Å²) >= 11 is 0. The molecule has 0 N–H and O–H groups in total. The highest BCUT2D eigenvalue weighted by atomic mass is 32.3. The van der Waals surface area contributed by atoms with Gasteiger partial charge in [-0.05, 0) is 24.3 Å². The molecule has 4 rings (SSSR count). The first kappa shape index (κ1) is 28.5. The Bertz CT molecular complexity index is 1260. The lowest BCUT2D eigenvalue weighted by Gasteiger charge is -2.15. The van der Waals surface area contributed by atoms with E-state index in [0.29, 0.717) is 13.2 Å². The largest absolute Gasteiger partial charge is 0.726 e. The summed E-state index contributed by atoms with van der Waals surface area (Å²) in [6.07, 6.45) is -0.981. The van der Waals surface area contributed by atoms with E-state index in [1.807, 2.05) is 0 Å². The smallest absolute Gasteiger partial charge is 0.224 e. The SMILES string of the molecule is O=S(c1ccc(OC2CO2)c(OCCOS(=O)(=O)[O-])c1)c1ccc(OC2CO2)c(OCCOS(=O)(=O)[O-])c1. The molecule has 18 heteroatoms. The number of rotatable bonds is 16. The van der Waals surface area contributed by atoms with E-state index in [-0.39, 0.29) is 46.0 Å². The van der Waals surface area contributed by atoms with Crippen molar-refractivity contribution < 1.29 is 66.9 Å². The molecule has 2 aromatic rings. The normalized spacial score (nSPS) is 19.4. The Hall–Kier alpha value is -2.55. The van der Waals surface area contributed by atoms with Gasteiger partial charge in [0, 0.05) is 21.9 Å². The molecule has 2 aromatic carbocycles. The van der Waals surface area contributed by atoms with Gasteiger partial charge in [-0.1, -0.05) is 0 Å². The third kappa shape index (κ3) is 9.33. The number of hydrogen-bond acceptors (Lipinski definition) is 15. The summed E-state index contributed by atoms with van der Waals surface area (Å²) in [5.74, 6) is 0.639. The number of hydrogen-bond donors (Lipinski definition) is 0. The topological polar surface area (TPSA) is 212 Å². The molecule has 2 aliphatic heterocycles. The molecule has 38 heavy (non-hydrogen) atoms. The Morgan fingerprint density at radius 3 is 1.45 bits per heavy atom. The number of epoxide rings is 2. The van der Waals surface area contributed by atoms with Crippen molar-refractivity contribution in [1.29, 1.82) is 0 Å². The maximum absolute atomic E-state index is 13.3. The molecule has 0 aromatic heterocycles. The van der Waals surface area contributed by atoms with Gasteiger partial charge in [-0.15, -0.1) is 0 Å². The summed E-state index contributed by atoms with van der Waals surface area (Å²) in [7, 11) is -11.6. The molecule has 2 heterocycles. The maximum atomic E-state index is 13.3. The lowest BCUT2D eigenvalue weighted by molar-refractivity contribution is 0.161. The van der Waals surface area contributed by atoms with E-state index < -0.39 is 57.4 Å². The molecule has 0 spiro atoms. The summed E-state index contributed by atoms with van der Waals surface area (Å²) in [4.78, 5) is 0.514. The minimum absolute atomic E-state index is 0.0940. The van der Waals surface area contributed by atoms with E-state index in [1.165, 1.54) is 36.4 Å². The molecule has 0 saturated carbocycles. The van der Waals surface area contributed by atoms with Crippen LogP contribution in [-0.2, 0) is 49.4 Å². The fraction of sp³-hybridized carbons (Fsp3) is 0.400. The highest BCUT2D eigenvalue weighted by Gasteiger charge is 2.28. The molecule has 0 amide bonds. The Kier molecular flexibility index (Phi) is 9.06. The van der Waals surface area contributed by atoms with Crippen LogP contribution in [0, 0.1) is 0 Å². The van der Waals surface area contributed by atoms with E-state index in [4.69, 9.17) is 28.4 Å². The van der Waals surface area contributed by atoms with Crippen molar-refractivity contribution in [3.8, 4) is 23.0 Å². The van der Waals surface area contributed by atoms with Crippen molar-refractivity contribution in [3.63, 3.8) is 0 Å². The van der Waals surface area contributed by atoms with Crippen molar-refractivity contribution in [2.75, 3.05) is 39.6 Å². The second-order valence-corrected chi connectivity index (χ2v) is 11.0. The van der Waals surface area contributed by atoms with Crippen LogP contribution in [0.3, 0.4) is 0 Å². The van der Waals surface area contributed by atoms with Gasteiger partial charge in [-0.2, -0.15) is 0 Å². The van der Waals surface area contributed by atoms with Crippen LogP contribution < -0.4 is 18.9 Å². The average Bonchev–Trinajstić information content (AvgIpc) is 3.77. The lowest BCUT2D eigenvalue weighted by Crippen LogP contribution is -2.13. The summed E-state index contributed by atoms with van der Waals surface area (Å²) in [6.45, 7) is -1.04. The van der Waals surface area contributed by atoms with E-state index in [2.05, 4.69) is 8.37 Å². The van der Waals surface area contributed by atoms with Crippen LogP contribution in [0.5, 0.6) is 23.0 Å². The second kappa shape index (κ2) is 12.1. The first-order valence-electron chi connectivity index (χ1n) is 10.7. The average molecular weight is 597 g/mol. The van der Waals surface area contributed by atoms with Gasteiger partial charge in [0.2, 0.25) is 33.4 Å². The fourth-order valence-corrected chi connectivity index (χ4v) is 4.47. The molecule has 0 aliphatic carbocycles. The maximum Gasteiger partial charge on any atom is 0.224 e. The van der Waals surface area contributed by atoms with Crippen LogP contribution in [0.2, 0.25) is 0 Å². The fourth-order valence-electron chi connectivity index (χ4n) is 2.84.